The first kappa shape index (κ1) is 12.1. The fraction of sp³-hybridized carbons (Fsp3) is 0.400. The van der Waals surface area contributed by atoms with E-state index < -0.39 is 16.8 Å². The normalized spacial score (nSPS) is 19.7. The molecule has 1 aliphatic heterocycles. The van der Waals surface area contributed by atoms with Gasteiger partial charge in [0.1, 0.15) is 11.5 Å². The van der Waals surface area contributed by atoms with E-state index >= 15 is 0 Å². The molecule has 0 unspecified atom stereocenters. The van der Waals surface area contributed by atoms with Gasteiger partial charge in [0.2, 0.25) is 0 Å². The van der Waals surface area contributed by atoms with E-state index in [9.17, 15) is 19.6 Å². The molecule has 7 heteroatoms. The zero-order valence-corrected chi connectivity index (χ0v) is 9.52. The second kappa shape index (κ2) is 4.46. The molecule has 1 fully saturated rings. The van der Waals surface area contributed by atoms with Gasteiger partial charge >= 0.3 is 0 Å². The Kier molecular flexibility index (Phi) is 3.17. The highest BCUT2D eigenvalue weighted by molar-refractivity contribution is 6.31. The molecule has 0 amide bonds. The Labute approximate surface area is 102 Å². The van der Waals surface area contributed by atoms with Gasteiger partial charge in [0.05, 0.1) is 22.1 Å². The Balaban J connectivity index is 2.44. The Morgan fingerprint density at radius 1 is 1.59 bits per heavy atom. The lowest BCUT2D eigenvalue weighted by Crippen LogP contribution is -2.22. The molecule has 17 heavy (non-hydrogen) atoms. The van der Waals surface area contributed by atoms with Gasteiger partial charge < -0.3 is 10.0 Å². The zero-order chi connectivity index (χ0) is 12.6. The summed E-state index contributed by atoms with van der Waals surface area (Å²) < 4.78 is 13.2. The monoisotopic (exact) mass is 260 g/mol. The maximum Gasteiger partial charge on any atom is 0.295 e. The molecule has 0 spiro atoms. The summed E-state index contributed by atoms with van der Waals surface area (Å²) in [5.74, 6) is -0.818. The van der Waals surface area contributed by atoms with Crippen molar-refractivity contribution in [2.24, 2.45) is 0 Å². The quantitative estimate of drug-likeness (QED) is 0.652. The van der Waals surface area contributed by atoms with Crippen LogP contribution in [0.5, 0.6) is 0 Å². The third-order valence-corrected chi connectivity index (χ3v) is 3.01. The Bertz CT molecular complexity index is 469. The molecule has 0 radical (unpaired) electrons. The number of rotatable bonds is 2. The fourth-order valence-electron chi connectivity index (χ4n) is 1.89. The highest BCUT2D eigenvalue weighted by Gasteiger charge is 2.27. The van der Waals surface area contributed by atoms with Crippen LogP contribution in [0.15, 0.2) is 12.1 Å². The molecule has 0 aromatic heterocycles. The summed E-state index contributed by atoms with van der Waals surface area (Å²) in [4.78, 5) is 11.8. The smallest absolute Gasteiger partial charge is 0.295 e. The molecule has 2 rings (SSSR count). The number of hydrogen-bond acceptors (Lipinski definition) is 4. The maximum absolute atomic E-state index is 13.2. The van der Waals surface area contributed by atoms with Gasteiger partial charge in [0.15, 0.2) is 0 Å². The van der Waals surface area contributed by atoms with Crippen molar-refractivity contribution >= 4 is 23.0 Å². The van der Waals surface area contributed by atoms with Gasteiger partial charge in [-0.15, -0.1) is 0 Å². The Hall–Kier alpha value is -1.40. The van der Waals surface area contributed by atoms with Crippen molar-refractivity contribution in [3.63, 3.8) is 0 Å². The summed E-state index contributed by atoms with van der Waals surface area (Å²) in [5, 5.41) is 20.1. The van der Waals surface area contributed by atoms with Gasteiger partial charge in [0.25, 0.3) is 5.69 Å². The van der Waals surface area contributed by atoms with Crippen LogP contribution >= 0.6 is 11.6 Å². The molecular formula is C10H10ClFN2O3. The number of hydrogen-bond donors (Lipinski definition) is 1. The largest absolute Gasteiger partial charge is 0.391 e. The number of aliphatic hydroxyl groups is 1. The van der Waals surface area contributed by atoms with E-state index in [1.807, 2.05) is 0 Å². The summed E-state index contributed by atoms with van der Waals surface area (Å²) in [6.45, 7) is 0.784. The average Bonchev–Trinajstić information content (AvgIpc) is 2.68. The molecule has 1 atom stereocenters. The van der Waals surface area contributed by atoms with Gasteiger partial charge in [-0.25, -0.2) is 4.39 Å². The predicted octanol–water partition coefficient (Wildman–Crippen LogP) is 1.96. The van der Waals surface area contributed by atoms with Gasteiger partial charge in [-0.05, 0) is 12.5 Å². The second-order valence-electron chi connectivity index (χ2n) is 3.90. The number of benzene rings is 1. The summed E-state index contributed by atoms with van der Waals surface area (Å²) in [6.07, 6.45) is 0.0185. The number of nitro groups is 1. The average molecular weight is 261 g/mol. The number of halogens is 2. The van der Waals surface area contributed by atoms with Crippen LogP contribution in [0.4, 0.5) is 15.8 Å². The van der Waals surface area contributed by atoms with E-state index in [1.165, 1.54) is 6.07 Å². The van der Waals surface area contributed by atoms with E-state index in [1.54, 1.807) is 4.90 Å². The van der Waals surface area contributed by atoms with Crippen molar-refractivity contribution in [2.75, 3.05) is 18.0 Å². The van der Waals surface area contributed by atoms with Gasteiger partial charge in [-0.2, -0.15) is 0 Å². The summed E-state index contributed by atoms with van der Waals surface area (Å²) in [5.41, 5.74) is -0.0843. The topological polar surface area (TPSA) is 66.6 Å². The highest BCUT2D eigenvalue weighted by atomic mass is 35.5. The lowest BCUT2D eigenvalue weighted by Gasteiger charge is -2.18. The zero-order valence-electron chi connectivity index (χ0n) is 8.77. The molecular weight excluding hydrogens is 251 g/mol. The Morgan fingerprint density at radius 3 is 2.82 bits per heavy atom. The molecule has 1 aromatic carbocycles. The summed E-state index contributed by atoms with van der Waals surface area (Å²) in [7, 11) is 0. The van der Waals surface area contributed by atoms with Crippen LogP contribution in [-0.4, -0.2) is 29.2 Å². The van der Waals surface area contributed by atoms with Crippen LogP contribution < -0.4 is 4.90 Å². The predicted molar refractivity (Wildman–Crippen MR) is 60.9 cm³/mol. The first-order valence-electron chi connectivity index (χ1n) is 5.05. The maximum atomic E-state index is 13.2. The van der Waals surface area contributed by atoms with Crippen molar-refractivity contribution in [3.8, 4) is 0 Å². The standard InChI is InChI=1S/C10H10ClFN2O3/c11-7-3-9(13-2-1-6(15)5-13)10(14(16)17)4-8(7)12/h3-4,6,15H,1-2,5H2/t6-/m1/s1. The fourth-order valence-corrected chi connectivity index (χ4v) is 2.04. The minimum absolute atomic E-state index is 0.160. The van der Waals surface area contributed by atoms with Crippen LogP contribution in [0.3, 0.4) is 0 Å². The van der Waals surface area contributed by atoms with E-state index in [2.05, 4.69) is 0 Å². The molecule has 1 saturated heterocycles. The van der Waals surface area contributed by atoms with Crippen molar-refractivity contribution < 1.29 is 14.4 Å². The van der Waals surface area contributed by atoms with Crippen LogP contribution in [-0.2, 0) is 0 Å². The molecule has 0 saturated carbocycles. The summed E-state index contributed by atoms with van der Waals surface area (Å²) >= 11 is 5.62. The minimum atomic E-state index is -0.818. The lowest BCUT2D eigenvalue weighted by atomic mass is 10.2. The number of nitro benzene ring substituents is 1. The van der Waals surface area contributed by atoms with E-state index in [0.29, 0.717) is 19.5 Å². The number of β-amino-alcohol motifs (C(OH)–C–C–N with tert-alkyl or cyclic N) is 1. The number of aliphatic hydroxyl groups excluding tert-OH is 1. The van der Waals surface area contributed by atoms with Crippen molar-refractivity contribution in [2.45, 2.75) is 12.5 Å². The first-order valence-corrected chi connectivity index (χ1v) is 5.43. The SMILES string of the molecule is O=[N+]([O-])c1cc(F)c(Cl)cc1N1CC[C@@H](O)C1. The third-order valence-electron chi connectivity index (χ3n) is 2.72. The van der Waals surface area contributed by atoms with E-state index in [4.69, 9.17) is 11.6 Å². The molecule has 1 heterocycles. The van der Waals surface area contributed by atoms with Crippen LogP contribution in [0, 0.1) is 15.9 Å². The highest BCUT2D eigenvalue weighted by Crippen LogP contribution is 2.34. The number of nitrogens with zero attached hydrogens (tertiary/aromatic N) is 2. The van der Waals surface area contributed by atoms with Crippen LogP contribution in [0.25, 0.3) is 0 Å². The van der Waals surface area contributed by atoms with Crippen molar-refractivity contribution in [3.05, 3.63) is 33.1 Å². The van der Waals surface area contributed by atoms with Crippen molar-refractivity contribution in [1.29, 1.82) is 0 Å². The molecule has 5 nitrogen and oxygen atoms in total. The van der Waals surface area contributed by atoms with E-state index in [-0.39, 0.29) is 16.4 Å². The third kappa shape index (κ3) is 2.32. The summed E-state index contributed by atoms with van der Waals surface area (Å²) in [6, 6.07) is 2.04. The molecule has 92 valence electrons. The molecule has 1 aromatic rings. The van der Waals surface area contributed by atoms with Crippen molar-refractivity contribution in [1.82, 2.24) is 0 Å². The van der Waals surface area contributed by atoms with Crippen LogP contribution in [0.2, 0.25) is 5.02 Å². The van der Waals surface area contributed by atoms with Gasteiger partial charge in [-0.1, -0.05) is 11.6 Å². The van der Waals surface area contributed by atoms with Gasteiger partial charge in [0, 0.05) is 13.1 Å². The lowest BCUT2D eigenvalue weighted by molar-refractivity contribution is -0.384. The molecule has 1 N–H and O–H groups in total. The Morgan fingerprint density at radius 2 is 2.29 bits per heavy atom. The van der Waals surface area contributed by atoms with Crippen LogP contribution in [0.1, 0.15) is 6.42 Å². The van der Waals surface area contributed by atoms with Gasteiger partial charge in [-0.3, -0.25) is 10.1 Å². The molecule has 0 aliphatic carbocycles. The minimum Gasteiger partial charge on any atom is -0.391 e. The van der Waals surface area contributed by atoms with E-state index in [0.717, 1.165) is 6.07 Å². The second-order valence-corrected chi connectivity index (χ2v) is 4.31. The number of anilines is 1. The molecule has 0 bridgehead atoms. The first-order chi connectivity index (χ1) is 7.99. The molecule has 1 aliphatic rings.